The van der Waals surface area contributed by atoms with Crippen LogP contribution in [0.5, 0.6) is 0 Å². The molecule has 0 radical (unpaired) electrons. The highest BCUT2D eigenvalue weighted by Crippen LogP contribution is 2.60. The lowest BCUT2D eigenvalue weighted by Gasteiger charge is -2.57. The van der Waals surface area contributed by atoms with Gasteiger partial charge in [-0.25, -0.2) is 4.39 Å². The second-order valence-electron chi connectivity index (χ2n) is 6.68. The van der Waals surface area contributed by atoms with Crippen molar-refractivity contribution in [1.29, 1.82) is 0 Å². The third-order valence-electron chi connectivity index (χ3n) is 5.48. The fourth-order valence-electron chi connectivity index (χ4n) is 5.33. The molecule has 4 aliphatic rings. The molecule has 0 heterocycles. The lowest BCUT2D eigenvalue weighted by molar-refractivity contribution is -0.00674. The number of hydrogen-bond acceptors (Lipinski definition) is 0. The first-order valence-electron chi connectivity index (χ1n) is 7.00. The predicted octanol–water partition coefficient (Wildman–Crippen LogP) is 4.29. The van der Waals surface area contributed by atoms with Crippen molar-refractivity contribution in [2.24, 2.45) is 17.8 Å². The van der Waals surface area contributed by atoms with Crippen LogP contribution in [0, 0.1) is 23.6 Å². The summed E-state index contributed by atoms with van der Waals surface area (Å²) in [5.74, 6) is 2.71. The molecule has 90 valence electrons. The summed E-state index contributed by atoms with van der Waals surface area (Å²) in [6.45, 7) is 0. The quantitative estimate of drug-likeness (QED) is 0.675. The summed E-state index contributed by atoms with van der Waals surface area (Å²) in [4.78, 5) is 0. The molecule has 1 aromatic carbocycles. The molecule has 0 atom stereocenters. The predicted molar refractivity (Wildman–Crippen MR) is 66.3 cm³/mol. The SMILES string of the molecule is Fc1ccccc1C12CC3CC(CC(C3)C1)C2. The maximum atomic E-state index is 14.1. The zero-order chi connectivity index (χ0) is 11.5. The Morgan fingerprint density at radius 2 is 1.41 bits per heavy atom. The minimum absolute atomic E-state index is 0.0365. The fraction of sp³-hybridized carbons (Fsp3) is 0.625. The topological polar surface area (TPSA) is 0 Å². The molecule has 5 rings (SSSR count). The molecule has 17 heavy (non-hydrogen) atoms. The van der Waals surface area contributed by atoms with E-state index in [0.717, 1.165) is 23.3 Å². The van der Waals surface area contributed by atoms with Crippen LogP contribution in [-0.4, -0.2) is 0 Å². The number of hydrogen-bond donors (Lipinski definition) is 0. The fourth-order valence-corrected chi connectivity index (χ4v) is 5.33. The summed E-state index contributed by atoms with van der Waals surface area (Å²) < 4.78 is 14.1. The van der Waals surface area contributed by atoms with Crippen LogP contribution in [0.4, 0.5) is 4.39 Å². The molecule has 0 unspecified atom stereocenters. The van der Waals surface area contributed by atoms with Crippen molar-refractivity contribution < 1.29 is 4.39 Å². The zero-order valence-corrected chi connectivity index (χ0v) is 10.2. The molecule has 4 saturated carbocycles. The van der Waals surface area contributed by atoms with Crippen molar-refractivity contribution in [2.45, 2.75) is 43.9 Å². The van der Waals surface area contributed by atoms with E-state index in [0.29, 0.717) is 0 Å². The first kappa shape index (κ1) is 10.1. The third-order valence-corrected chi connectivity index (χ3v) is 5.48. The van der Waals surface area contributed by atoms with E-state index in [1.807, 2.05) is 18.2 Å². The molecule has 4 bridgehead atoms. The van der Waals surface area contributed by atoms with Crippen LogP contribution >= 0.6 is 0 Å². The van der Waals surface area contributed by atoms with Gasteiger partial charge in [-0.1, -0.05) is 18.2 Å². The van der Waals surface area contributed by atoms with Gasteiger partial charge >= 0.3 is 0 Å². The van der Waals surface area contributed by atoms with Crippen LogP contribution in [0.25, 0.3) is 0 Å². The lowest BCUT2D eigenvalue weighted by Crippen LogP contribution is -2.48. The Hall–Kier alpha value is -0.850. The van der Waals surface area contributed by atoms with Crippen molar-refractivity contribution >= 4 is 0 Å². The van der Waals surface area contributed by atoms with Gasteiger partial charge in [-0.3, -0.25) is 0 Å². The van der Waals surface area contributed by atoms with Crippen LogP contribution < -0.4 is 0 Å². The Balaban J connectivity index is 1.80. The first-order valence-corrected chi connectivity index (χ1v) is 7.00. The highest BCUT2D eigenvalue weighted by Gasteiger charge is 2.52. The summed E-state index contributed by atoms with van der Waals surface area (Å²) in [5.41, 5.74) is 1.24. The van der Waals surface area contributed by atoms with Crippen LogP contribution in [-0.2, 0) is 5.41 Å². The molecule has 1 aromatic rings. The first-order chi connectivity index (χ1) is 8.25. The molecule has 0 amide bonds. The minimum Gasteiger partial charge on any atom is -0.207 e. The second kappa shape index (κ2) is 3.34. The summed E-state index contributed by atoms with van der Waals surface area (Å²) in [7, 11) is 0. The molecule has 0 spiro atoms. The normalized spacial score (nSPS) is 43.0. The molecule has 0 N–H and O–H groups in total. The smallest absolute Gasteiger partial charge is 0.126 e. The van der Waals surface area contributed by atoms with Gasteiger partial charge in [0.2, 0.25) is 0 Å². The van der Waals surface area contributed by atoms with Crippen molar-refractivity contribution in [3.8, 4) is 0 Å². The molecule has 1 heteroatoms. The standard InChI is InChI=1S/C16H19F/c17-15-4-2-1-3-14(15)16-8-11-5-12(9-16)7-13(6-11)10-16/h1-4,11-13H,5-10H2. The Bertz CT molecular complexity index is 413. The van der Waals surface area contributed by atoms with E-state index in [-0.39, 0.29) is 11.2 Å². The summed E-state index contributed by atoms with van der Waals surface area (Å²) in [5, 5.41) is 0. The van der Waals surface area contributed by atoms with E-state index in [2.05, 4.69) is 0 Å². The summed E-state index contributed by atoms with van der Waals surface area (Å²) in [6, 6.07) is 7.52. The Morgan fingerprint density at radius 1 is 0.882 bits per heavy atom. The number of rotatable bonds is 1. The molecule has 0 nitrogen and oxygen atoms in total. The molecule has 4 fully saturated rings. The lowest BCUT2D eigenvalue weighted by atomic mass is 9.48. The van der Waals surface area contributed by atoms with Crippen LogP contribution in [0.2, 0.25) is 0 Å². The van der Waals surface area contributed by atoms with E-state index in [4.69, 9.17) is 0 Å². The number of halogens is 1. The largest absolute Gasteiger partial charge is 0.207 e. The average molecular weight is 230 g/mol. The van der Waals surface area contributed by atoms with Crippen molar-refractivity contribution in [1.82, 2.24) is 0 Å². The van der Waals surface area contributed by atoms with E-state index >= 15 is 0 Å². The van der Waals surface area contributed by atoms with E-state index in [1.54, 1.807) is 6.07 Å². The van der Waals surface area contributed by atoms with Gasteiger partial charge in [0, 0.05) is 0 Å². The molecular weight excluding hydrogens is 211 g/mol. The monoisotopic (exact) mass is 230 g/mol. The van der Waals surface area contributed by atoms with Crippen molar-refractivity contribution in [2.75, 3.05) is 0 Å². The molecule has 0 saturated heterocycles. The molecule has 0 aromatic heterocycles. The van der Waals surface area contributed by atoms with Gasteiger partial charge in [0.25, 0.3) is 0 Å². The Labute approximate surface area is 102 Å². The third kappa shape index (κ3) is 1.41. The Morgan fingerprint density at radius 3 is 1.94 bits per heavy atom. The second-order valence-corrected chi connectivity index (χ2v) is 6.68. The maximum Gasteiger partial charge on any atom is 0.126 e. The van der Waals surface area contributed by atoms with E-state index in [1.165, 1.54) is 38.5 Å². The van der Waals surface area contributed by atoms with Gasteiger partial charge in [0.15, 0.2) is 0 Å². The highest BCUT2D eigenvalue weighted by molar-refractivity contribution is 5.30. The van der Waals surface area contributed by atoms with Gasteiger partial charge in [0.05, 0.1) is 0 Å². The van der Waals surface area contributed by atoms with Gasteiger partial charge < -0.3 is 0 Å². The average Bonchev–Trinajstić information content (AvgIpc) is 2.27. The summed E-state index contributed by atoms with van der Waals surface area (Å²) in [6.07, 6.45) is 8.02. The minimum atomic E-state index is 0.0365. The molecule has 0 aliphatic heterocycles. The van der Waals surface area contributed by atoms with Crippen molar-refractivity contribution in [3.63, 3.8) is 0 Å². The van der Waals surface area contributed by atoms with Crippen LogP contribution in [0.1, 0.15) is 44.1 Å². The van der Waals surface area contributed by atoms with E-state index in [9.17, 15) is 4.39 Å². The van der Waals surface area contributed by atoms with Gasteiger partial charge in [0.1, 0.15) is 5.82 Å². The highest BCUT2D eigenvalue weighted by atomic mass is 19.1. The van der Waals surface area contributed by atoms with Gasteiger partial charge in [-0.2, -0.15) is 0 Å². The molecular formula is C16H19F. The zero-order valence-electron chi connectivity index (χ0n) is 10.2. The van der Waals surface area contributed by atoms with Gasteiger partial charge in [-0.15, -0.1) is 0 Å². The van der Waals surface area contributed by atoms with Crippen molar-refractivity contribution in [3.05, 3.63) is 35.6 Å². The van der Waals surface area contributed by atoms with Gasteiger partial charge in [-0.05, 0) is 73.3 Å². The maximum absolute atomic E-state index is 14.1. The Kier molecular flexibility index (Phi) is 1.98. The van der Waals surface area contributed by atoms with E-state index < -0.39 is 0 Å². The number of benzene rings is 1. The summed E-state index contributed by atoms with van der Waals surface area (Å²) >= 11 is 0. The van der Waals surface area contributed by atoms with Crippen LogP contribution in [0.3, 0.4) is 0 Å². The molecule has 4 aliphatic carbocycles. The van der Waals surface area contributed by atoms with Crippen LogP contribution in [0.15, 0.2) is 24.3 Å².